The average molecular weight is 422 g/mol. The molecule has 0 bridgehead atoms. The van der Waals surface area contributed by atoms with E-state index < -0.39 is 0 Å². The van der Waals surface area contributed by atoms with Gasteiger partial charge in [-0.25, -0.2) is 0 Å². The van der Waals surface area contributed by atoms with E-state index in [-0.39, 0.29) is 5.92 Å². The quantitative estimate of drug-likeness (QED) is 0.664. The fourth-order valence-corrected chi connectivity index (χ4v) is 6.90. The van der Waals surface area contributed by atoms with Crippen LogP contribution in [0.15, 0.2) is 24.4 Å². The number of carbonyl (C=O) groups is 1. The second-order valence-corrected chi connectivity index (χ2v) is 10.6. The Bertz CT molecular complexity index is 955. The molecule has 1 aromatic heterocycles. The summed E-state index contributed by atoms with van der Waals surface area (Å²) in [4.78, 5) is 18.5. The van der Waals surface area contributed by atoms with Gasteiger partial charge in [-0.2, -0.15) is 0 Å². The number of hydrogen-bond acceptors (Lipinski definition) is 2. The van der Waals surface area contributed by atoms with Crippen molar-refractivity contribution in [3.8, 4) is 0 Å². The minimum absolute atomic E-state index is 0.122. The number of amides is 1. The van der Waals surface area contributed by atoms with Crippen molar-refractivity contribution >= 4 is 16.8 Å². The van der Waals surface area contributed by atoms with Crippen molar-refractivity contribution < 1.29 is 4.79 Å². The summed E-state index contributed by atoms with van der Waals surface area (Å²) in [7, 11) is 2.25. The van der Waals surface area contributed by atoms with Gasteiger partial charge in [-0.05, 0) is 70.7 Å². The Balaban J connectivity index is 1.46. The zero-order valence-electron chi connectivity index (χ0n) is 19.8. The van der Waals surface area contributed by atoms with E-state index in [1.54, 1.807) is 0 Å². The highest BCUT2D eigenvalue weighted by Crippen LogP contribution is 2.45. The molecule has 2 fully saturated rings. The van der Waals surface area contributed by atoms with E-state index in [4.69, 9.17) is 0 Å². The molecule has 3 atom stereocenters. The topological polar surface area (TPSA) is 28.5 Å². The zero-order valence-corrected chi connectivity index (χ0v) is 19.8. The van der Waals surface area contributed by atoms with E-state index in [2.05, 4.69) is 66.6 Å². The molecule has 4 heteroatoms. The molecule has 0 unspecified atom stereocenters. The van der Waals surface area contributed by atoms with E-state index in [9.17, 15) is 4.79 Å². The summed E-state index contributed by atoms with van der Waals surface area (Å²) in [5.41, 5.74) is 4.34. The van der Waals surface area contributed by atoms with Gasteiger partial charge in [0.05, 0.1) is 5.92 Å². The Morgan fingerprint density at radius 3 is 2.68 bits per heavy atom. The molecule has 0 radical (unpaired) electrons. The van der Waals surface area contributed by atoms with Crippen molar-refractivity contribution in [2.75, 3.05) is 20.1 Å². The van der Waals surface area contributed by atoms with Crippen LogP contribution in [0.25, 0.3) is 10.9 Å². The number of benzene rings is 1. The molecule has 31 heavy (non-hydrogen) atoms. The molecule has 1 aliphatic heterocycles. The second kappa shape index (κ2) is 8.27. The number of likely N-dealkylation sites (tertiary alicyclic amines) is 1. The van der Waals surface area contributed by atoms with Gasteiger partial charge in [0.15, 0.2) is 0 Å². The number of aromatic nitrogens is 1. The van der Waals surface area contributed by atoms with Crippen molar-refractivity contribution in [3.05, 3.63) is 35.5 Å². The highest BCUT2D eigenvalue weighted by atomic mass is 16.2. The summed E-state index contributed by atoms with van der Waals surface area (Å²) in [6.07, 6.45) is 10.8. The Labute approximate surface area is 187 Å². The van der Waals surface area contributed by atoms with Crippen LogP contribution in [0.2, 0.25) is 0 Å². The van der Waals surface area contributed by atoms with Crippen LogP contribution >= 0.6 is 0 Å². The van der Waals surface area contributed by atoms with Crippen LogP contribution in [-0.4, -0.2) is 52.5 Å². The first kappa shape index (κ1) is 21.1. The van der Waals surface area contributed by atoms with Gasteiger partial charge in [0.2, 0.25) is 5.91 Å². The number of nitrogens with zero attached hydrogens (tertiary/aromatic N) is 3. The number of rotatable bonds is 4. The highest BCUT2D eigenvalue weighted by molar-refractivity contribution is 5.89. The average Bonchev–Trinajstić information content (AvgIpc) is 3.16. The number of piperidine rings is 1. The monoisotopic (exact) mass is 421 g/mol. The smallest absolute Gasteiger partial charge is 0.227 e. The largest absolute Gasteiger partial charge is 0.345 e. The fraction of sp³-hybridized carbons (Fsp3) is 0.667. The first-order valence-corrected chi connectivity index (χ1v) is 12.6. The molecular formula is C27H39N3O. The Morgan fingerprint density at radius 1 is 1.19 bits per heavy atom. The molecule has 2 aromatic rings. The molecule has 2 aliphatic carbocycles. The van der Waals surface area contributed by atoms with Gasteiger partial charge in [-0.15, -0.1) is 0 Å². The lowest BCUT2D eigenvalue weighted by Gasteiger charge is -2.46. The first-order chi connectivity index (χ1) is 15.0. The standard InChI is InChI=1S/C27H39N3O/c1-5-29(21-10-7-6-8-11-21)27(31)20-14-23-22-12-9-13-24-26(22)19(17-30(24)18(2)3)15-25(23)28(4)16-20/h9,12-13,17-18,20-21,23,25H,5-8,10-11,14-16H2,1-4H3/t20-,23-,25-/m1/s1. The summed E-state index contributed by atoms with van der Waals surface area (Å²) < 4.78 is 2.44. The predicted octanol–water partition coefficient (Wildman–Crippen LogP) is 5.36. The third-order valence-corrected chi connectivity index (χ3v) is 8.42. The minimum atomic E-state index is 0.122. The SMILES string of the molecule is CCN(C(=O)[C@@H]1C[C@@H]2c3cccc4c3c(cn4C(C)C)C[C@H]2N(C)C1)C1CCCCC1. The van der Waals surface area contributed by atoms with Gasteiger partial charge in [0, 0.05) is 54.2 Å². The first-order valence-electron chi connectivity index (χ1n) is 12.6. The van der Waals surface area contributed by atoms with E-state index in [1.807, 2.05) is 0 Å². The maximum absolute atomic E-state index is 13.7. The summed E-state index contributed by atoms with van der Waals surface area (Å²) in [6, 6.07) is 8.29. The normalized spacial score (nSPS) is 26.9. The van der Waals surface area contributed by atoms with Gasteiger partial charge in [-0.1, -0.05) is 31.4 Å². The molecule has 168 valence electrons. The van der Waals surface area contributed by atoms with Gasteiger partial charge in [0.25, 0.3) is 0 Å². The van der Waals surface area contributed by atoms with E-state index >= 15 is 0 Å². The van der Waals surface area contributed by atoms with Crippen molar-refractivity contribution in [3.63, 3.8) is 0 Å². The summed E-state index contributed by atoms with van der Waals surface area (Å²) in [5, 5.41) is 1.47. The second-order valence-electron chi connectivity index (χ2n) is 10.6. The molecule has 1 saturated heterocycles. The lowest BCUT2D eigenvalue weighted by molar-refractivity contribution is -0.141. The molecule has 1 amide bonds. The van der Waals surface area contributed by atoms with Crippen LogP contribution in [0, 0.1) is 5.92 Å². The van der Waals surface area contributed by atoms with Crippen molar-refractivity contribution in [1.82, 2.24) is 14.4 Å². The van der Waals surface area contributed by atoms with Gasteiger partial charge >= 0.3 is 0 Å². The Kier molecular flexibility index (Phi) is 5.62. The number of carbonyl (C=O) groups excluding carboxylic acids is 1. The molecule has 0 spiro atoms. The van der Waals surface area contributed by atoms with Crippen LogP contribution in [0.1, 0.15) is 82.4 Å². The molecule has 1 saturated carbocycles. The lowest BCUT2D eigenvalue weighted by Crippen LogP contribution is -2.53. The van der Waals surface area contributed by atoms with Crippen LogP contribution < -0.4 is 0 Å². The van der Waals surface area contributed by atoms with Crippen molar-refractivity contribution in [2.24, 2.45) is 5.92 Å². The van der Waals surface area contributed by atoms with E-state index in [0.29, 0.717) is 30.0 Å². The van der Waals surface area contributed by atoms with Crippen LogP contribution in [0.4, 0.5) is 0 Å². The molecule has 5 rings (SSSR count). The number of fused-ring (bicyclic) bond motifs is 2. The number of hydrogen-bond donors (Lipinski definition) is 0. The third-order valence-electron chi connectivity index (χ3n) is 8.42. The minimum Gasteiger partial charge on any atom is -0.345 e. The third kappa shape index (κ3) is 3.51. The Hall–Kier alpha value is -1.81. The molecule has 3 aliphatic rings. The van der Waals surface area contributed by atoms with E-state index in [0.717, 1.165) is 25.9 Å². The van der Waals surface area contributed by atoms with Gasteiger partial charge in [0.1, 0.15) is 0 Å². The molecule has 0 N–H and O–H groups in total. The molecule has 2 heterocycles. The summed E-state index contributed by atoms with van der Waals surface area (Å²) in [5.74, 6) is 0.992. The zero-order chi connectivity index (χ0) is 21.7. The van der Waals surface area contributed by atoms with Crippen LogP contribution in [0.5, 0.6) is 0 Å². The van der Waals surface area contributed by atoms with E-state index in [1.165, 1.54) is 54.1 Å². The lowest BCUT2D eigenvalue weighted by atomic mass is 9.72. The summed E-state index contributed by atoms with van der Waals surface area (Å²) >= 11 is 0. The highest BCUT2D eigenvalue weighted by Gasteiger charge is 2.43. The maximum atomic E-state index is 13.7. The fourth-order valence-electron chi connectivity index (χ4n) is 6.90. The predicted molar refractivity (Wildman–Crippen MR) is 128 cm³/mol. The molecule has 1 aromatic carbocycles. The summed E-state index contributed by atoms with van der Waals surface area (Å²) in [6.45, 7) is 8.47. The molecule has 4 nitrogen and oxygen atoms in total. The van der Waals surface area contributed by atoms with Crippen LogP contribution in [-0.2, 0) is 11.2 Å². The molecular weight excluding hydrogens is 382 g/mol. The number of likely N-dealkylation sites (N-methyl/N-ethyl adjacent to an activating group) is 1. The maximum Gasteiger partial charge on any atom is 0.227 e. The van der Waals surface area contributed by atoms with Crippen LogP contribution in [0.3, 0.4) is 0 Å². The van der Waals surface area contributed by atoms with Crippen molar-refractivity contribution in [1.29, 1.82) is 0 Å². The van der Waals surface area contributed by atoms with Crippen molar-refractivity contribution in [2.45, 2.75) is 89.8 Å². The van der Waals surface area contributed by atoms with Gasteiger partial charge < -0.3 is 14.4 Å². The van der Waals surface area contributed by atoms with Gasteiger partial charge in [-0.3, -0.25) is 4.79 Å². The Morgan fingerprint density at radius 2 is 1.97 bits per heavy atom.